The normalized spacial score (nSPS) is 15.8. The van der Waals surface area contributed by atoms with Crippen molar-refractivity contribution < 1.29 is 9.59 Å². The van der Waals surface area contributed by atoms with Crippen LogP contribution in [0.15, 0.2) is 58.9 Å². The van der Waals surface area contributed by atoms with Crippen LogP contribution in [0.25, 0.3) is 0 Å². The maximum atomic E-state index is 12.7. The van der Waals surface area contributed by atoms with Gasteiger partial charge in [0.15, 0.2) is 4.34 Å². The molecular formula is C24H26N4O2S2. The Labute approximate surface area is 196 Å². The van der Waals surface area contributed by atoms with Crippen LogP contribution in [0.3, 0.4) is 0 Å². The molecule has 2 amide bonds. The minimum Gasteiger partial charge on any atom is -0.312 e. The lowest BCUT2D eigenvalue weighted by atomic mass is 10.1. The van der Waals surface area contributed by atoms with Crippen LogP contribution in [0.1, 0.15) is 30.9 Å². The number of benzene rings is 2. The van der Waals surface area contributed by atoms with Crippen molar-refractivity contribution in [2.75, 3.05) is 22.5 Å². The molecule has 6 nitrogen and oxygen atoms in total. The summed E-state index contributed by atoms with van der Waals surface area (Å²) < 4.78 is 0.841. The molecule has 0 aliphatic carbocycles. The number of aryl methyl sites for hydroxylation is 2. The van der Waals surface area contributed by atoms with E-state index in [2.05, 4.69) is 46.7 Å². The van der Waals surface area contributed by atoms with Gasteiger partial charge in [0.25, 0.3) is 0 Å². The molecule has 8 heteroatoms. The van der Waals surface area contributed by atoms with Gasteiger partial charge in [-0.1, -0.05) is 72.5 Å². The van der Waals surface area contributed by atoms with Gasteiger partial charge in [0.2, 0.25) is 16.9 Å². The largest absolute Gasteiger partial charge is 0.312 e. The fraction of sp³-hybridized carbons (Fsp3) is 0.333. The fourth-order valence-electron chi connectivity index (χ4n) is 3.65. The first-order valence-electron chi connectivity index (χ1n) is 10.8. The Morgan fingerprint density at radius 1 is 1.12 bits per heavy atom. The average Bonchev–Trinajstić information content (AvgIpc) is 3.44. The Morgan fingerprint density at radius 3 is 2.66 bits per heavy atom. The van der Waals surface area contributed by atoms with E-state index < -0.39 is 0 Å². The number of thioether (sulfide) groups is 1. The second-order valence-corrected chi connectivity index (χ2v) is 10.0. The molecule has 0 radical (unpaired) electrons. The molecule has 1 fully saturated rings. The third-order valence-corrected chi connectivity index (χ3v) is 7.53. The van der Waals surface area contributed by atoms with Gasteiger partial charge in [0.05, 0.1) is 5.92 Å². The monoisotopic (exact) mass is 466 g/mol. The Morgan fingerprint density at radius 2 is 1.91 bits per heavy atom. The minimum absolute atomic E-state index is 0.0266. The van der Waals surface area contributed by atoms with Gasteiger partial charge in [-0.3, -0.25) is 9.59 Å². The van der Waals surface area contributed by atoms with Crippen LogP contribution in [0.5, 0.6) is 0 Å². The van der Waals surface area contributed by atoms with Crippen molar-refractivity contribution in [2.24, 2.45) is 5.92 Å². The number of hydrogen-bond acceptors (Lipinski definition) is 6. The van der Waals surface area contributed by atoms with Crippen LogP contribution in [0, 0.1) is 5.92 Å². The Kier molecular flexibility index (Phi) is 7.55. The number of hydrogen-bond donors (Lipinski definition) is 1. The van der Waals surface area contributed by atoms with Gasteiger partial charge in [-0.15, -0.1) is 10.2 Å². The van der Waals surface area contributed by atoms with E-state index in [0.717, 1.165) is 35.0 Å². The third-order valence-electron chi connectivity index (χ3n) is 5.47. The molecule has 32 heavy (non-hydrogen) atoms. The standard InChI is InChI=1S/C24H26N4O2S2/c1-2-17-10-12-20(13-11-17)28-16-19(15-21(28)29)22(30)25-23-26-27-24(32-23)31-14-6-9-18-7-4-3-5-8-18/h3-5,7-8,10-13,19H,2,6,9,14-16H2,1H3,(H,25,26,30). The van der Waals surface area contributed by atoms with Crippen molar-refractivity contribution in [3.8, 4) is 0 Å². The summed E-state index contributed by atoms with van der Waals surface area (Å²) in [5.41, 5.74) is 3.40. The van der Waals surface area contributed by atoms with Gasteiger partial charge in [0, 0.05) is 24.4 Å². The van der Waals surface area contributed by atoms with Crippen molar-refractivity contribution in [3.63, 3.8) is 0 Å². The second kappa shape index (κ2) is 10.7. The maximum absolute atomic E-state index is 12.7. The molecule has 0 bridgehead atoms. The average molecular weight is 467 g/mol. The lowest BCUT2D eigenvalue weighted by Gasteiger charge is -2.16. The van der Waals surface area contributed by atoms with Crippen molar-refractivity contribution in [2.45, 2.75) is 36.9 Å². The van der Waals surface area contributed by atoms with Gasteiger partial charge in [-0.05, 0) is 42.5 Å². The molecular weight excluding hydrogens is 440 g/mol. The zero-order valence-electron chi connectivity index (χ0n) is 18.0. The van der Waals surface area contributed by atoms with Crippen LogP contribution in [0.4, 0.5) is 10.8 Å². The van der Waals surface area contributed by atoms with Crippen LogP contribution < -0.4 is 10.2 Å². The number of aromatic nitrogens is 2. The predicted octanol–water partition coefficient (Wildman–Crippen LogP) is 4.82. The SMILES string of the molecule is CCc1ccc(N2CC(C(=O)Nc3nnc(SCCCc4ccccc4)s3)CC2=O)cc1. The van der Waals surface area contributed by atoms with Crippen molar-refractivity contribution in [3.05, 3.63) is 65.7 Å². The summed E-state index contributed by atoms with van der Waals surface area (Å²) in [6, 6.07) is 18.4. The summed E-state index contributed by atoms with van der Waals surface area (Å²) in [7, 11) is 0. The smallest absolute Gasteiger partial charge is 0.231 e. The first-order valence-corrected chi connectivity index (χ1v) is 12.6. The first kappa shape index (κ1) is 22.5. The molecule has 1 aliphatic rings. The van der Waals surface area contributed by atoms with Gasteiger partial charge < -0.3 is 10.2 Å². The highest BCUT2D eigenvalue weighted by Gasteiger charge is 2.35. The van der Waals surface area contributed by atoms with Gasteiger partial charge in [0.1, 0.15) is 0 Å². The summed E-state index contributed by atoms with van der Waals surface area (Å²) in [6.07, 6.45) is 3.24. The molecule has 1 atom stereocenters. The highest BCUT2D eigenvalue weighted by molar-refractivity contribution is 8.01. The van der Waals surface area contributed by atoms with Crippen molar-refractivity contribution >= 4 is 45.7 Å². The van der Waals surface area contributed by atoms with Gasteiger partial charge >= 0.3 is 0 Å². The minimum atomic E-state index is -0.390. The summed E-state index contributed by atoms with van der Waals surface area (Å²) in [5, 5.41) is 11.6. The Balaban J connectivity index is 1.25. The molecule has 2 heterocycles. The summed E-state index contributed by atoms with van der Waals surface area (Å²) >= 11 is 3.03. The second-order valence-electron chi connectivity index (χ2n) is 7.73. The molecule has 1 N–H and O–H groups in total. The highest BCUT2D eigenvalue weighted by Crippen LogP contribution is 2.29. The number of nitrogens with zero attached hydrogens (tertiary/aromatic N) is 3. The molecule has 4 rings (SSSR count). The van der Waals surface area contributed by atoms with E-state index in [1.807, 2.05) is 30.3 Å². The van der Waals surface area contributed by atoms with E-state index in [0.29, 0.717) is 11.7 Å². The molecule has 0 spiro atoms. The van der Waals surface area contributed by atoms with Crippen LogP contribution in [0.2, 0.25) is 0 Å². The third kappa shape index (κ3) is 5.75. The van der Waals surface area contributed by atoms with Crippen LogP contribution in [-0.2, 0) is 22.4 Å². The molecule has 166 valence electrons. The molecule has 1 aliphatic heterocycles. The molecule has 3 aromatic rings. The molecule has 2 aromatic carbocycles. The number of amides is 2. The highest BCUT2D eigenvalue weighted by atomic mass is 32.2. The topological polar surface area (TPSA) is 75.2 Å². The van der Waals surface area contributed by atoms with Crippen molar-refractivity contribution in [1.29, 1.82) is 0 Å². The van der Waals surface area contributed by atoms with E-state index in [-0.39, 0.29) is 24.2 Å². The molecule has 1 aromatic heterocycles. The quantitative estimate of drug-likeness (QED) is 0.278. The van der Waals surface area contributed by atoms with Crippen molar-refractivity contribution in [1.82, 2.24) is 10.2 Å². The zero-order valence-corrected chi connectivity index (χ0v) is 19.6. The van der Waals surface area contributed by atoms with E-state index >= 15 is 0 Å². The lowest BCUT2D eigenvalue weighted by molar-refractivity contribution is -0.122. The molecule has 1 saturated heterocycles. The first-order chi connectivity index (χ1) is 15.6. The summed E-state index contributed by atoms with van der Waals surface area (Å²) in [5.74, 6) is 0.351. The summed E-state index contributed by atoms with van der Waals surface area (Å²) in [6.45, 7) is 2.48. The number of anilines is 2. The number of rotatable bonds is 9. The van der Waals surface area contributed by atoms with Gasteiger partial charge in [-0.2, -0.15) is 0 Å². The molecule has 0 saturated carbocycles. The zero-order chi connectivity index (χ0) is 22.3. The summed E-state index contributed by atoms with van der Waals surface area (Å²) in [4.78, 5) is 26.9. The van der Waals surface area contributed by atoms with Crippen LogP contribution >= 0.6 is 23.1 Å². The van der Waals surface area contributed by atoms with Gasteiger partial charge in [-0.25, -0.2) is 0 Å². The van der Waals surface area contributed by atoms with E-state index in [1.54, 1.807) is 16.7 Å². The van der Waals surface area contributed by atoms with E-state index in [9.17, 15) is 9.59 Å². The number of carbonyl (C=O) groups is 2. The molecule has 1 unspecified atom stereocenters. The van der Waals surface area contributed by atoms with E-state index in [1.165, 1.54) is 22.5 Å². The number of carbonyl (C=O) groups excluding carboxylic acids is 2. The lowest BCUT2D eigenvalue weighted by Crippen LogP contribution is -2.28. The Hall–Kier alpha value is -2.71. The maximum Gasteiger partial charge on any atom is 0.231 e. The predicted molar refractivity (Wildman–Crippen MR) is 130 cm³/mol. The fourth-order valence-corrected chi connectivity index (χ4v) is 5.42. The Bertz CT molecular complexity index is 1050. The van der Waals surface area contributed by atoms with Crippen LogP contribution in [-0.4, -0.2) is 34.3 Å². The van der Waals surface area contributed by atoms with E-state index in [4.69, 9.17) is 0 Å². The number of nitrogens with one attached hydrogen (secondary N) is 1.